The summed E-state index contributed by atoms with van der Waals surface area (Å²) in [6.07, 6.45) is 2.59. The Morgan fingerprint density at radius 3 is 2.65 bits per heavy atom. The van der Waals surface area contributed by atoms with Crippen molar-refractivity contribution in [1.29, 1.82) is 0 Å². The Hall–Kier alpha value is -0.930. The second-order valence-corrected chi connectivity index (χ2v) is 6.43. The standard InChI is InChI=1S/C14H12OS2/c1-8-3-6-11-12(7-8)17-14-10(15)5-4-9(2)13(14)16-11/h3-4,6-7H,5H2,1-2H3. The van der Waals surface area contributed by atoms with E-state index in [1.54, 1.807) is 23.5 Å². The summed E-state index contributed by atoms with van der Waals surface area (Å²) in [7, 11) is 0. The summed E-state index contributed by atoms with van der Waals surface area (Å²) in [6, 6.07) is 6.44. The molecule has 0 spiro atoms. The van der Waals surface area contributed by atoms with Gasteiger partial charge in [-0.05, 0) is 37.1 Å². The van der Waals surface area contributed by atoms with Gasteiger partial charge in [0.1, 0.15) is 0 Å². The lowest BCUT2D eigenvalue weighted by molar-refractivity contribution is -0.114. The van der Waals surface area contributed by atoms with Gasteiger partial charge in [-0.2, -0.15) is 0 Å². The Balaban J connectivity index is 2.09. The van der Waals surface area contributed by atoms with Gasteiger partial charge < -0.3 is 0 Å². The number of fused-ring (bicyclic) bond motifs is 1. The summed E-state index contributed by atoms with van der Waals surface area (Å²) in [4.78, 5) is 16.5. The van der Waals surface area contributed by atoms with Crippen molar-refractivity contribution in [2.45, 2.75) is 30.1 Å². The molecule has 0 atom stereocenters. The van der Waals surface area contributed by atoms with Gasteiger partial charge in [0.25, 0.3) is 0 Å². The van der Waals surface area contributed by atoms with Crippen LogP contribution in [-0.2, 0) is 4.79 Å². The molecular weight excluding hydrogens is 248 g/mol. The summed E-state index contributed by atoms with van der Waals surface area (Å²) < 4.78 is 0. The van der Waals surface area contributed by atoms with Crippen LogP contribution in [0.15, 0.2) is 49.4 Å². The van der Waals surface area contributed by atoms with E-state index in [1.165, 1.54) is 20.9 Å². The lowest BCUT2D eigenvalue weighted by Crippen LogP contribution is -2.09. The van der Waals surface area contributed by atoms with Crippen LogP contribution in [0.4, 0.5) is 0 Å². The van der Waals surface area contributed by atoms with Crippen LogP contribution in [0, 0.1) is 6.92 Å². The summed E-state index contributed by atoms with van der Waals surface area (Å²) in [5, 5.41) is 0. The molecule has 1 aromatic rings. The molecule has 1 nitrogen and oxygen atoms in total. The molecule has 86 valence electrons. The Kier molecular flexibility index (Phi) is 2.68. The highest BCUT2D eigenvalue weighted by Crippen LogP contribution is 2.51. The van der Waals surface area contributed by atoms with Crippen molar-refractivity contribution >= 4 is 29.3 Å². The number of benzene rings is 1. The molecule has 0 unspecified atom stereocenters. The average molecular weight is 260 g/mol. The molecule has 1 aliphatic carbocycles. The van der Waals surface area contributed by atoms with E-state index < -0.39 is 0 Å². The molecule has 0 saturated heterocycles. The molecule has 3 heteroatoms. The summed E-state index contributed by atoms with van der Waals surface area (Å²) in [5.41, 5.74) is 2.49. The van der Waals surface area contributed by atoms with E-state index in [4.69, 9.17) is 0 Å². The van der Waals surface area contributed by atoms with Gasteiger partial charge in [0.15, 0.2) is 5.78 Å². The number of hydrogen-bond acceptors (Lipinski definition) is 3. The largest absolute Gasteiger partial charge is 0.293 e. The van der Waals surface area contributed by atoms with Crippen molar-refractivity contribution < 1.29 is 4.79 Å². The molecule has 1 aliphatic heterocycles. The fraction of sp³-hybridized carbons (Fsp3) is 0.214. The third kappa shape index (κ3) is 1.87. The minimum Gasteiger partial charge on any atom is -0.293 e. The Labute approximate surface area is 109 Å². The van der Waals surface area contributed by atoms with Gasteiger partial charge in [0.2, 0.25) is 0 Å². The van der Waals surface area contributed by atoms with Crippen molar-refractivity contribution in [2.75, 3.05) is 0 Å². The van der Waals surface area contributed by atoms with Crippen LogP contribution in [0.5, 0.6) is 0 Å². The van der Waals surface area contributed by atoms with Gasteiger partial charge >= 0.3 is 0 Å². The maximum absolute atomic E-state index is 11.9. The SMILES string of the molecule is CC1=CCC(=O)C2=C1Sc1ccc(C)cc1S2. The van der Waals surface area contributed by atoms with E-state index in [0.29, 0.717) is 6.42 Å². The molecular formula is C14H12OS2. The topological polar surface area (TPSA) is 17.1 Å². The lowest BCUT2D eigenvalue weighted by Gasteiger charge is -2.24. The molecule has 0 saturated carbocycles. The van der Waals surface area contributed by atoms with Crippen molar-refractivity contribution in [1.82, 2.24) is 0 Å². The normalized spacial score (nSPS) is 18.7. The number of allylic oxidation sites excluding steroid dienone is 3. The maximum Gasteiger partial charge on any atom is 0.174 e. The van der Waals surface area contributed by atoms with Crippen LogP contribution in [0.2, 0.25) is 0 Å². The highest BCUT2D eigenvalue weighted by atomic mass is 32.2. The highest BCUT2D eigenvalue weighted by molar-refractivity contribution is 8.10. The fourth-order valence-electron chi connectivity index (χ4n) is 1.97. The monoisotopic (exact) mass is 260 g/mol. The molecule has 0 aromatic heterocycles. The van der Waals surface area contributed by atoms with E-state index >= 15 is 0 Å². The van der Waals surface area contributed by atoms with Crippen molar-refractivity contribution in [3.63, 3.8) is 0 Å². The second-order valence-electron chi connectivity index (χ2n) is 4.33. The second kappa shape index (κ2) is 4.07. The van der Waals surface area contributed by atoms with Crippen molar-refractivity contribution in [2.24, 2.45) is 0 Å². The number of rotatable bonds is 0. The summed E-state index contributed by atoms with van der Waals surface area (Å²) in [6.45, 7) is 4.18. The number of hydrogen-bond donors (Lipinski definition) is 0. The molecule has 1 aromatic carbocycles. The van der Waals surface area contributed by atoms with Gasteiger partial charge in [-0.15, -0.1) is 0 Å². The van der Waals surface area contributed by atoms with Crippen LogP contribution in [0.1, 0.15) is 18.9 Å². The maximum atomic E-state index is 11.9. The predicted molar refractivity (Wildman–Crippen MR) is 73.3 cm³/mol. The van der Waals surface area contributed by atoms with Gasteiger partial charge in [0, 0.05) is 21.1 Å². The first kappa shape index (κ1) is 11.2. The van der Waals surface area contributed by atoms with E-state index in [1.807, 2.05) is 6.08 Å². The number of Topliss-reactive ketones (excluding diaryl/α,β-unsaturated/α-hetero) is 1. The molecule has 2 aliphatic rings. The Bertz CT molecular complexity index is 582. The molecule has 0 N–H and O–H groups in total. The fourth-order valence-corrected chi connectivity index (χ4v) is 4.52. The zero-order chi connectivity index (χ0) is 12.0. The van der Waals surface area contributed by atoms with E-state index in [2.05, 4.69) is 32.0 Å². The molecule has 17 heavy (non-hydrogen) atoms. The van der Waals surface area contributed by atoms with Crippen molar-refractivity contribution in [3.05, 3.63) is 45.2 Å². The number of ketones is 1. The van der Waals surface area contributed by atoms with Gasteiger partial charge in [-0.3, -0.25) is 4.79 Å². The summed E-state index contributed by atoms with van der Waals surface area (Å²) >= 11 is 3.37. The lowest BCUT2D eigenvalue weighted by atomic mass is 10.1. The first-order valence-electron chi connectivity index (χ1n) is 5.56. The number of thioether (sulfide) groups is 2. The number of carbonyl (C=O) groups is 1. The molecule has 0 radical (unpaired) electrons. The quantitative estimate of drug-likeness (QED) is 0.691. The first-order chi connectivity index (χ1) is 8.15. The van der Waals surface area contributed by atoms with Gasteiger partial charge in [-0.1, -0.05) is 35.7 Å². The molecule has 1 heterocycles. The zero-order valence-electron chi connectivity index (χ0n) is 9.74. The van der Waals surface area contributed by atoms with Gasteiger partial charge in [-0.25, -0.2) is 0 Å². The third-order valence-electron chi connectivity index (χ3n) is 2.93. The van der Waals surface area contributed by atoms with Crippen LogP contribution in [-0.4, -0.2) is 5.78 Å². The van der Waals surface area contributed by atoms with Crippen molar-refractivity contribution in [3.8, 4) is 0 Å². The summed E-state index contributed by atoms with van der Waals surface area (Å²) in [5.74, 6) is 0.259. The van der Waals surface area contributed by atoms with E-state index in [0.717, 1.165) is 9.81 Å². The van der Waals surface area contributed by atoms with E-state index in [9.17, 15) is 4.79 Å². The van der Waals surface area contributed by atoms with E-state index in [-0.39, 0.29) is 5.78 Å². The number of carbonyl (C=O) groups excluding carboxylic acids is 1. The smallest absolute Gasteiger partial charge is 0.174 e. The van der Waals surface area contributed by atoms with Crippen LogP contribution >= 0.6 is 23.5 Å². The highest BCUT2D eigenvalue weighted by Gasteiger charge is 2.27. The molecule has 0 fully saturated rings. The Morgan fingerprint density at radius 1 is 1.06 bits per heavy atom. The third-order valence-corrected chi connectivity index (χ3v) is 5.69. The van der Waals surface area contributed by atoms with Crippen LogP contribution in [0.25, 0.3) is 0 Å². The molecule has 0 bridgehead atoms. The zero-order valence-corrected chi connectivity index (χ0v) is 11.4. The van der Waals surface area contributed by atoms with Gasteiger partial charge in [0.05, 0.1) is 4.91 Å². The predicted octanol–water partition coefficient (Wildman–Crippen LogP) is 4.32. The minimum atomic E-state index is 0.259. The first-order valence-corrected chi connectivity index (χ1v) is 7.19. The molecule has 3 rings (SSSR count). The molecule has 0 amide bonds. The average Bonchev–Trinajstić information content (AvgIpc) is 2.32. The van der Waals surface area contributed by atoms with Crippen LogP contribution in [0.3, 0.4) is 0 Å². The minimum absolute atomic E-state index is 0.259. The Morgan fingerprint density at radius 2 is 1.82 bits per heavy atom. The number of aryl methyl sites for hydroxylation is 1. The van der Waals surface area contributed by atoms with Crippen LogP contribution < -0.4 is 0 Å².